The molecule has 46 heavy (non-hydrogen) atoms. The third-order valence-electron chi connectivity index (χ3n) is 7.61. The number of hydrogen-bond acceptors (Lipinski definition) is 6. The van der Waals surface area contributed by atoms with Crippen LogP contribution in [0.4, 0.5) is 28.0 Å². The average molecular weight is 653 g/mol. The van der Waals surface area contributed by atoms with Crippen LogP contribution in [0.3, 0.4) is 0 Å². The molecular formula is C32H28F4N6O3S. The normalized spacial score (nSPS) is 18.8. The van der Waals surface area contributed by atoms with E-state index in [1.54, 1.807) is 6.07 Å². The summed E-state index contributed by atoms with van der Waals surface area (Å²) >= 11 is 0.611. The number of ether oxygens (including phenoxy) is 1. The SMILES string of the molecule is Cc1ccc(C(C)C)c(N2C(=O)C(F)SC2=NC(=O)NC2Cc3ccc(-c4ncn(-c5ccc(OC(F)(F)F)cc5)n4)cc3C2)c1. The number of benzene rings is 3. The summed E-state index contributed by atoms with van der Waals surface area (Å²) in [6.45, 7) is 5.82. The van der Waals surface area contributed by atoms with Gasteiger partial charge in [-0.2, -0.15) is 4.99 Å². The summed E-state index contributed by atoms with van der Waals surface area (Å²) in [6.07, 6.45) is -2.25. The molecule has 14 heteroatoms. The Kier molecular flexibility index (Phi) is 8.32. The molecule has 4 aromatic rings. The monoisotopic (exact) mass is 652 g/mol. The molecule has 9 nitrogen and oxygen atoms in total. The van der Waals surface area contributed by atoms with Crippen molar-refractivity contribution in [2.75, 3.05) is 4.90 Å². The van der Waals surface area contributed by atoms with Crippen LogP contribution in [0, 0.1) is 6.92 Å². The van der Waals surface area contributed by atoms with Crippen LogP contribution in [0.25, 0.3) is 17.1 Å². The molecule has 0 radical (unpaired) electrons. The fraction of sp³-hybridized carbons (Fsp3) is 0.281. The Labute approximate surface area is 265 Å². The number of thioether (sulfide) groups is 1. The van der Waals surface area contributed by atoms with E-state index in [9.17, 15) is 27.2 Å². The lowest BCUT2D eigenvalue weighted by Gasteiger charge is -2.22. The second-order valence-electron chi connectivity index (χ2n) is 11.3. The first-order valence-corrected chi connectivity index (χ1v) is 15.3. The van der Waals surface area contributed by atoms with Gasteiger partial charge in [0.2, 0.25) is 5.50 Å². The summed E-state index contributed by atoms with van der Waals surface area (Å²) in [4.78, 5) is 35.5. The zero-order chi connectivity index (χ0) is 32.7. The minimum absolute atomic E-state index is 0.00974. The third kappa shape index (κ3) is 6.62. The Balaban J connectivity index is 1.14. The van der Waals surface area contributed by atoms with E-state index in [1.165, 1.54) is 40.2 Å². The van der Waals surface area contributed by atoms with Crippen molar-refractivity contribution in [2.45, 2.75) is 57.4 Å². The number of hydrogen-bond donors (Lipinski definition) is 1. The molecule has 0 spiro atoms. The Bertz CT molecular complexity index is 1840. The van der Waals surface area contributed by atoms with Crippen LogP contribution >= 0.6 is 11.8 Å². The van der Waals surface area contributed by atoms with Crippen molar-refractivity contribution >= 4 is 34.6 Å². The largest absolute Gasteiger partial charge is 0.573 e. The lowest BCUT2D eigenvalue weighted by molar-refractivity contribution is -0.274. The second kappa shape index (κ2) is 12.2. The van der Waals surface area contributed by atoms with Crippen molar-refractivity contribution in [1.82, 2.24) is 20.1 Å². The fourth-order valence-electron chi connectivity index (χ4n) is 5.50. The third-order valence-corrected chi connectivity index (χ3v) is 8.51. The molecule has 0 saturated carbocycles. The van der Waals surface area contributed by atoms with Gasteiger partial charge in [0.1, 0.15) is 12.1 Å². The van der Waals surface area contributed by atoms with Gasteiger partial charge in [-0.05, 0) is 96.1 Å². The van der Waals surface area contributed by atoms with Crippen LogP contribution in [-0.2, 0) is 17.6 Å². The number of halogens is 4. The number of carbonyl (C=O) groups excluding carboxylic acids is 2. The molecule has 2 aliphatic rings. The predicted molar refractivity (Wildman–Crippen MR) is 166 cm³/mol. The number of nitrogens with one attached hydrogen (secondary N) is 1. The van der Waals surface area contributed by atoms with Crippen molar-refractivity contribution in [2.24, 2.45) is 4.99 Å². The molecule has 3 aromatic carbocycles. The van der Waals surface area contributed by atoms with Crippen LogP contribution < -0.4 is 15.0 Å². The van der Waals surface area contributed by atoms with Gasteiger partial charge >= 0.3 is 12.4 Å². The number of fused-ring (bicyclic) bond motifs is 1. The average Bonchev–Trinajstić information content (AvgIpc) is 3.69. The molecule has 3 amide bonds. The van der Waals surface area contributed by atoms with E-state index in [4.69, 9.17) is 0 Å². The molecule has 2 unspecified atom stereocenters. The quantitative estimate of drug-likeness (QED) is 0.228. The van der Waals surface area contributed by atoms with Crippen LogP contribution in [-0.4, -0.2) is 49.8 Å². The maximum absolute atomic E-state index is 14.6. The number of amides is 3. The maximum atomic E-state index is 14.6. The molecule has 1 aliphatic carbocycles. The van der Waals surface area contributed by atoms with E-state index in [1.807, 2.05) is 51.1 Å². The van der Waals surface area contributed by atoms with Crippen LogP contribution in [0.2, 0.25) is 0 Å². The van der Waals surface area contributed by atoms with E-state index in [0.717, 1.165) is 27.8 Å². The van der Waals surface area contributed by atoms with Crippen LogP contribution in [0.1, 0.15) is 42.0 Å². The maximum Gasteiger partial charge on any atom is 0.573 e. The summed E-state index contributed by atoms with van der Waals surface area (Å²) in [5, 5.41) is 7.34. The number of aryl methyl sites for hydroxylation is 1. The Morgan fingerprint density at radius 2 is 1.80 bits per heavy atom. The molecule has 1 saturated heterocycles. The zero-order valence-corrected chi connectivity index (χ0v) is 25.7. The number of aromatic nitrogens is 3. The van der Waals surface area contributed by atoms with E-state index in [-0.39, 0.29) is 22.9 Å². The molecule has 0 bridgehead atoms. The van der Waals surface area contributed by atoms with E-state index < -0.39 is 23.8 Å². The first kappa shape index (κ1) is 31.3. The minimum atomic E-state index is -4.78. The van der Waals surface area contributed by atoms with E-state index >= 15 is 0 Å². The highest BCUT2D eigenvalue weighted by Crippen LogP contribution is 2.37. The highest BCUT2D eigenvalue weighted by Gasteiger charge is 2.41. The van der Waals surface area contributed by atoms with Crippen molar-refractivity contribution < 1.29 is 31.9 Å². The molecule has 6 rings (SSSR count). The first-order chi connectivity index (χ1) is 21.8. The zero-order valence-electron chi connectivity index (χ0n) is 24.9. The van der Waals surface area contributed by atoms with Crippen molar-refractivity contribution in [1.29, 1.82) is 0 Å². The molecule has 2 atom stereocenters. The summed E-state index contributed by atoms with van der Waals surface area (Å²) in [6, 6.07) is 15.7. The summed E-state index contributed by atoms with van der Waals surface area (Å²) in [7, 11) is 0. The Hall–Kier alpha value is -4.72. The van der Waals surface area contributed by atoms with Gasteiger partial charge < -0.3 is 10.1 Å². The number of carbonyl (C=O) groups is 2. The molecular weight excluding hydrogens is 624 g/mol. The number of aliphatic imine (C=N–C) groups is 1. The smallest absolute Gasteiger partial charge is 0.406 e. The van der Waals surface area contributed by atoms with E-state index in [0.29, 0.717) is 41.8 Å². The number of nitrogens with zero attached hydrogens (tertiary/aromatic N) is 5. The lowest BCUT2D eigenvalue weighted by Crippen LogP contribution is -2.36. The topological polar surface area (TPSA) is 102 Å². The van der Waals surface area contributed by atoms with Gasteiger partial charge in [-0.15, -0.1) is 18.3 Å². The number of amidine groups is 1. The number of urea groups is 1. The molecule has 1 aromatic heterocycles. The molecule has 1 aliphatic heterocycles. The molecule has 1 N–H and O–H groups in total. The molecule has 1 fully saturated rings. The van der Waals surface area contributed by atoms with Gasteiger partial charge in [-0.25, -0.2) is 18.9 Å². The van der Waals surface area contributed by atoms with Gasteiger partial charge in [0.15, 0.2) is 11.0 Å². The summed E-state index contributed by atoms with van der Waals surface area (Å²) in [5.41, 5.74) is 3.63. The van der Waals surface area contributed by atoms with Gasteiger partial charge in [0.05, 0.1) is 11.4 Å². The Morgan fingerprint density at radius 3 is 2.52 bits per heavy atom. The standard InChI is InChI=1S/C32H28F4N6O3S/c1-17(2)25-11-4-18(3)12-26(25)42-29(43)27(33)46-31(42)39-30(44)38-22-14-19-5-6-20(13-21(19)15-22)28-37-16-41(40-28)23-7-9-24(10-8-23)45-32(34,35)36/h4-13,16-17,22,27H,14-15H2,1-3H3,(H,38,44). The predicted octanol–water partition coefficient (Wildman–Crippen LogP) is 6.87. The van der Waals surface area contributed by atoms with E-state index in [2.05, 4.69) is 25.1 Å². The summed E-state index contributed by atoms with van der Waals surface area (Å²) < 4.78 is 57.4. The number of alkyl halides is 4. The lowest BCUT2D eigenvalue weighted by atomic mass is 9.99. The van der Waals surface area contributed by atoms with Gasteiger partial charge in [-0.1, -0.05) is 38.1 Å². The molecule has 238 valence electrons. The number of rotatable bonds is 6. The molecule has 2 heterocycles. The van der Waals surface area contributed by atoms with Crippen LogP contribution in [0.15, 0.2) is 72.0 Å². The summed E-state index contributed by atoms with van der Waals surface area (Å²) in [5.74, 6) is -0.637. The second-order valence-corrected chi connectivity index (χ2v) is 12.3. The number of anilines is 1. The van der Waals surface area contributed by atoms with Crippen molar-refractivity contribution in [3.63, 3.8) is 0 Å². The van der Waals surface area contributed by atoms with Gasteiger partial charge in [0, 0.05) is 11.6 Å². The highest BCUT2D eigenvalue weighted by atomic mass is 32.2. The van der Waals surface area contributed by atoms with Crippen molar-refractivity contribution in [3.8, 4) is 22.8 Å². The van der Waals surface area contributed by atoms with Gasteiger partial charge in [-0.3, -0.25) is 9.69 Å². The fourth-order valence-corrected chi connectivity index (χ4v) is 6.32. The minimum Gasteiger partial charge on any atom is -0.406 e. The first-order valence-electron chi connectivity index (χ1n) is 14.4. The van der Waals surface area contributed by atoms with Crippen LogP contribution in [0.5, 0.6) is 5.75 Å². The van der Waals surface area contributed by atoms with Crippen molar-refractivity contribution in [3.05, 3.63) is 89.2 Å². The Morgan fingerprint density at radius 1 is 1.07 bits per heavy atom. The highest BCUT2D eigenvalue weighted by molar-refractivity contribution is 8.16. The van der Waals surface area contributed by atoms with Gasteiger partial charge in [0.25, 0.3) is 5.91 Å².